The fourth-order valence-corrected chi connectivity index (χ4v) is 2.17. The number of nitrogens with two attached hydrogens (primary N) is 1. The van der Waals surface area contributed by atoms with E-state index in [1.54, 1.807) is 6.20 Å². The van der Waals surface area contributed by atoms with Crippen LogP contribution in [0.5, 0.6) is 0 Å². The lowest BCUT2D eigenvalue weighted by atomic mass is 9.91. The van der Waals surface area contributed by atoms with Crippen LogP contribution in [0.3, 0.4) is 0 Å². The standard InChI is InChI=1S/C12H21N5/c1-17(2)12-14-8-7-11(16-12)15-10-6-4-3-5-9(10)13/h7-10H,3-6,13H2,1-2H3,(H,14,15,16)/t9-,10-/m1/s1. The molecule has 5 nitrogen and oxygen atoms in total. The van der Waals surface area contributed by atoms with Crippen molar-refractivity contribution in [1.29, 1.82) is 0 Å². The zero-order valence-corrected chi connectivity index (χ0v) is 10.6. The highest BCUT2D eigenvalue weighted by molar-refractivity contribution is 5.41. The Morgan fingerprint density at radius 1 is 1.35 bits per heavy atom. The average Bonchev–Trinajstić information content (AvgIpc) is 2.32. The fraction of sp³-hybridized carbons (Fsp3) is 0.667. The molecule has 1 aliphatic carbocycles. The van der Waals surface area contributed by atoms with Gasteiger partial charge >= 0.3 is 0 Å². The smallest absolute Gasteiger partial charge is 0.226 e. The van der Waals surface area contributed by atoms with Gasteiger partial charge in [0.25, 0.3) is 0 Å². The molecule has 1 saturated carbocycles. The van der Waals surface area contributed by atoms with Crippen molar-refractivity contribution in [2.45, 2.75) is 37.8 Å². The first kappa shape index (κ1) is 12.1. The number of nitrogens with one attached hydrogen (secondary N) is 1. The largest absolute Gasteiger partial charge is 0.366 e. The number of rotatable bonds is 3. The van der Waals surface area contributed by atoms with E-state index in [0.717, 1.165) is 24.6 Å². The minimum atomic E-state index is 0.238. The van der Waals surface area contributed by atoms with Crippen molar-refractivity contribution in [3.8, 4) is 0 Å². The summed E-state index contributed by atoms with van der Waals surface area (Å²) < 4.78 is 0. The van der Waals surface area contributed by atoms with Crippen molar-refractivity contribution < 1.29 is 0 Å². The molecule has 0 saturated heterocycles. The zero-order valence-electron chi connectivity index (χ0n) is 10.6. The van der Waals surface area contributed by atoms with Gasteiger partial charge in [0.15, 0.2) is 0 Å². The Hall–Kier alpha value is -1.36. The first-order chi connectivity index (χ1) is 8.16. The molecule has 94 valence electrons. The van der Waals surface area contributed by atoms with Gasteiger partial charge in [0, 0.05) is 32.4 Å². The Bertz CT molecular complexity index is 366. The maximum Gasteiger partial charge on any atom is 0.226 e. The first-order valence-corrected chi connectivity index (χ1v) is 6.19. The van der Waals surface area contributed by atoms with E-state index in [0.29, 0.717) is 6.04 Å². The average molecular weight is 235 g/mol. The Kier molecular flexibility index (Phi) is 3.78. The van der Waals surface area contributed by atoms with Gasteiger partial charge in [0.05, 0.1) is 0 Å². The molecule has 1 aromatic heterocycles. The van der Waals surface area contributed by atoms with Crippen LogP contribution in [-0.2, 0) is 0 Å². The van der Waals surface area contributed by atoms with Crippen molar-refractivity contribution in [3.63, 3.8) is 0 Å². The van der Waals surface area contributed by atoms with Crippen molar-refractivity contribution in [2.24, 2.45) is 5.73 Å². The molecule has 2 rings (SSSR count). The van der Waals surface area contributed by atoms with Crippen LogP contribution in [0.2, 0.25) is 0 Å². The third-order valence-corrected chi connectivity index (χ3v) is 3.20. The van der Waals surface area contributed by atoms with E-state index in [9.17, 15) is 0 Å². The molecule has 3 N–H and O–H groups in total. The van der Waals surface area contributed by atoms with Crippen molar-refractivity contribution >= 4 is 11.8 Å². The summed E-state index contributed by atoms with van der Waals surface area (Å²) in [6.45, 7) is 0. The summed E-state index contributed by atoms with van der Waals surface area (Å²) >= 11 is 0. The molecule has 1 aromatic rings. The quantitative estimate of drug-likeness (QED) is 0.824. The molecule has 2 atom stereocenters. The molecular weight excluding hydrogens is 214 g/mol. The lowest BCUT2D eigenvalue weighted by Crippen LogP contribution is -2.42. The first-order valence-electron chi connectivity index (χ1n) is 6.19. The number of hydrogen-bond acceptors (Lipinski definition) is 5. The Balaban J connectivity index is 2.04. The van der Waals surface area contributed by atoms with Crippen molar-refractivity contribution in [1.82, 2.24) is 9.97 Å². The van der Waals surface area contributed by atoms with Gasteiger partial charge in [-0.05, 0) is 18.9 Å². The number of hydrogen-bond donors (Lipinski definition) is 2. The van der Waals surface area contributed by atoms with Gasteiger partial charge in [-0.3, -0.25) is 0 Å². The van der Waals surface area contributed by atoms with Gasteiger partial charge in [0.2, 0.25) is 5.95 Å². The fourth-order valence-electron chi connectivity index (χ4n) is 2.17. The van der Waals surface area contributed by atoms with Crippen LogP contribution >= 0.6 is 0 Å². The van der Waals surface area contributed by atoms with Crippen LogP contribution in [-0.4, -0.2) is 36.1 Å². The van der Waals surface area contributed by atoms with Crippen LogP contribution < -0.4 is 16.0 Å². The van der Waals surface area contributed by atoms with E-state index in [-0.39, 0.29) is 6.04 Å². The summed E-state index contributed by atoms with van der Waals surface area (Å²) in [4.78, 5) is 10.5. The van der Waals surface area contributed by atoms with Crippen molar-refractivity contribution in [2.75, 3.05) is 24.3 Å². The highest BCUT2D eigenvalue weighted by atomic mass is 15.2. The maximum absolute atomic E-state index is 6.11. The summed E-state index contributed by atoms with van der Waals surface area (Å²) in [5, 5.41) is 3.42. The van der Waals surface area contributed by atoms with Gasteiger partial charge in [-0.15, -0.1) is 0 Å². The minimum Gasteiger partial charge on any atom is -0.366 e. The molecule has 1 fully saturated rings. The second kappa shape index (κ2) is 5.31. The molecule has 0 aliphatic heterocycles. The van der Waals surface area contributed by atoms with Crippen LogP contribution in [0, 0.1) is 0 Å². The summed E-state index contributed by atoms with van der Waals surface area (Å²) in [5.41, 5.74) is 6.11. The zero-order chi connectivity index (χ0) is 12.3. The molecule has 1 aliphatic rings. The van der Waals surface area contributed by atoms with Gasteiger partial charge in [-0.2, -0.15) is 4.98 Å². The van der Waals surface area contributed by atoms with Crippen LogP contribution in [0.25, 0.3) is 0 Å². The van der Waals surface area contributed by atoms with E-state index in [2.05, 4.69) is 15.3 Å². The third-order valence-electron chi connectivity index (χ3n) is 3.20. The van der Waals surface area contributed by atoms with E-state index in [4.69, 9.17) is 5.73 Å². The van der Waals surface area contributed by atoms with Crippen LogP contribution in [0.4, 0.5) is 11.8 Å². The highest BCUT2D eigenvalue weighted by Gasteiger charge is 2.21. The van der Waals surface area contributed by atoms with Gasteiger partial charge in [-0.1, -0.05) is 12.8 Å². The topological polar surface area (TPSA) is 67.1 Å². The molecular formula is C12H21N5. The molecule has 0 radical (unpaired) electrons. The lowest BCUT2D eigenvalue weighted by molar-refractivity contribution is 0.403. The maximum atomic E-state index is 6.11. The molecule has 1 heterocycles. The summed E-state index contributed by atoms with van der Waals surface area (Å²) in [6, 6.07) is 2.48. The van der Waals surface area contributed by atoms with E-state index >= 15 is 0 Å². The summed E-state index contributed by atoms with van der Waals surface area (Å²) in [5.74, 6) is 1.59. The van der Waals surface area contributed by atoms with E-state index in [1.165, 1.54) is 12.8 Å². The Labute approximate surface area is 102 Å². The van der Waals surface area contributed by atoms with Gasteiger partial charge in [0.1, 0.15) is 5.82 Å². The van der Waals surface area contributed by atoms with E-state index in [1.807, 2.05) is 25.1 Å². The van der Waals surface area contributed by atoms with Gasteiger partial charge < -0.3 is 16.0 Å². The summed E-state index contributed by atoms with van der Waals surface area (Å²) in [7, 11) is 3.87. The minimum absolute atomic E-state index is 0.238. The SMILES string of the molecule is CN(C)c1nccc(N[C@@H]2CCCC[C@H]2N)n1. The third kappa shape index (κ3) is 3.06. The molecule has 0 spiro atoms. The molecule has 0 unspecified atom stereocenters. The van der Waals surface area contributed by atoms with E-state index < -0.39 is 0 Å². The lowest BCUT2D eigenvalue weighted by Gasteiger charge is -2.29. The molecule has 5 heteroatoms. The summed E-state index contributed by atoms with van der Waals surface area (Å²) in [6.07, 6.45) is 6.49. The highest BCUT2D eigenvalue weighted by Crippen LogP contribution is 2.20. The van der Waals surface area contributed by atoms with Crippen molar-refractivity contribution in [3.05, 3.63) is 12.3 Å². The Morgan fingerprint density at radius 3 is 2.82 bits per heavy atom. The van der Waals surface area contributed by atoms with Crippen LogP contribution in [0.15, 0.2) is 12.3 Å². The molecule has 17 heavy (non-hydrogen) atoms. The second-order valence-corrected chi connectivity index (χ2v) is 4.84. The van der Waals surface area contributed by atoms with Gasteiger partial charge in [-0.25, -0.2) is 4.98 Å². The second-order valence-electron chi connectivity index (χ2n) is 4.84. The predicted molar refractivity (Wildman–Crippen MR) is 70.2 cm³/mol. The number of anilines is 2. The molecule has 0 aromatic carbocycles. The normalized spacial score (nSPS) is 24.4. The number of nitrogens with zero attached hydrogens (tertiary/aromatic N) is 3. The molecule has 0 amide bonds. The molecule has 0 bridgehead atoms. The monoisotopic (exact) mass is 235 g/mol. The Morgan fingerprint density at radius 2 is 2.12 bits per heavy atom. The van der Waals surface area contributed by atoms with Crippen LogP contribution in [0.1, 0.15) is 25.7 Å². The number of aromatic nitrogens is 2. The predicted octanol–water partition coefficient (Wildman–Crippen LogP) is 1.22.